The highest BCUT2D eigenvalue weighted by atomic mass is 19.1. The van der Waals surface area contributed by atoms with Crippen LogP contribution in [0.3, 0.4) is 0 Å². The van der Waals surface area contributed by atoms with E-state index in [4.69, 9.17) is 9.47 Å². The highest BCUT2D eigenvalue weighted by Gasteiger charge is 2.48. The van der Waals surface area contributed by atoms with Crippen LogP contribution in [-0.2, 0) is 27.5 Å². The van der Waals surface area contributed by atoms with Crippen LogP contribution in [-0.4, -0.2) is 40.5 Å². The van der Waals surface area contributed by atoms with Gasteiger partial charge in [-0.2, -0.15) is 0 Å². The molecule has 10 nitrogen and oxygen atoms in total. The summed E-state index contributed by atoms with van der Waals surface area (Å²) in [4.78, 5) is 49.4. The van der Waals surface area contributed by atoms with Crippen LogP contribution in [0.15, 0.2) is 84.9 Å². The zero-order valence-electron chi connectivity index (χ0n) is 20.5. The molecule has 0 unspecified atom stereocenters. The van der Waals surface area contributed by atoms with Gasteiger partial charge < -0.3 is 14.3 Å². The predicted octanol–water partition coefficient (Wildman–Crippen LogP) is 4.62. The highest BCUT2D eigenvalue weighted by molar-refractivity contribution is 5.80. The molecule has 0 aliphatic heterocycles. The van der Waals surface area contributed by atoms with Crippen LogP contribution in [0.5, 0.6) is 0 Å². The third-order valence-electron chi connectivity index (χ3n) is 5.83. The van der Waals surface area contributed by atoms with Crippen molar-refractivity contribution in [1.29, 1.82) is 0 Å². The van der Waals surface area contributed by atoms with E-state index in [9.17, 15) is 28.9 Å². The number of ether oxygens (including phenoxy) is 2. The van der Waals surface area contributed by atoms with Gasteiger partial charge in [0.1, 0.15) is 30.9 Å². The Labute approximate surface area is 218 Å². The van der Waals surface area contributed by atoms with Crippen LogP contribution in [0.25, 0.3) is 0 Å². The van der Waals surface area contributed by atoms with E-state index in [0.717, 1.165) is 12.1 Å². The summed E-state index contributed by atoms with van der Waals surface area (Å²) in [6.07, 6.45) is -1.96. The van der Waals surface area contributed by atoms with Gasteiger partial charge >= 0.3 is 12.2 Å². The number of amides is 2. The van der Waals surface area contributed by atoms with E-state index >= 15 is 0 Å². The number of nitro groups is 1. The maximum atomic E-state index is 13.6. The lowest BCUT2D eigenvalue weighted by atomic mass is 9.81. The van der Waals surface area contributed by atoms with E-state index < -0.39 is 40.9 Å². The number of nitrogens with zero attached hydrogens (tertiary/aromatic N) is 2. The van der Waals surface area contributed by atoms with Gasteiger partial charge in [-0.3, -0.25) is 10.1 Å². The first-order valence-corrected chi connectivity index (χ1v) is 11.5. The van der Waals surface area contributed by atoms with E-state index in [2.05, 4.69) is 5.43 Å². The lowest BCUT2D eigenvalue weighted by Gasteiger charge is -2.39. The fourth-order valence-electron chi connectivity index (χ4n) is 3.76. The van der Waals surface area contributed by atoms with Gasteiger partial charge in [0.15, 0.2) is 0 Å². The summed E-state index contributed by atoms with van der Waals surface area (Å²) in [6, 6.07) is 22.1. The van der Waals surface area contributed by atoms with Crippen molar-refractivity contribution >= 4 is 18.5 Å². The number of hydrogen-bond acceptors (Lipinski definition) is 7. The van der Waals surface area contributed by atoms with Gasteiger partial charge in [-0.25, -0.2) is 24.4 Å². The maximum Gasteiger partial charge on any atom is 0.430 e. The number of carbonyl (C=O) groups excluding carboxylic acids is 3. The average Bonchev–Trinajstić information content (AvgIpc) is 2.93. The number of carbonyl (C=O) groups is 3. The topological polar surface area (TPSA) is 128 Å². The highest BCUT2D eigenvalue weighted by Crippen LogP contribution is 2.32. The number of hydrazine groups is 1. The Morgan fingerprint density at radius 3 is 2.00 bits per heavy atom. The number of rotatable bonds is 10. The largest absolute Gasteiger partial charge is 0.443 e. The van der Waals surface area contributed by atoms with Crippen molar-refractivity contribution in [1.82, 2.24) is 10.4 Å². The summed E-state index contributed by atoms with van der Waals surface area (Å²) in [5.74, 6) is -1.89. The second kappa shape index (κ2) is 12.9. The fraction of sp³-hybridized carbons (Fsp3) is 0.222. The molecule has 11 heteroatoms. The van der Waals surface area contributed by atoms with E-state index in [-0.39, 0.29) is 18.8 Å². The monoisotopic (exact) mass is 523 g/mol. The molecular formula is C27H26FN3O7. The molecule has 2 atom stereocenters. The molecule has 0 bridgehead atoms. The van der Waals surface area contributed by atoms with Crippen molar-refractivity contribution in [3.05, 3.63) is 118 Å². The number of aldehydes is 1. The average molecular weight is 524 g/mol. The summed E-state index contributed by atoms with van der Waals surface area (Å²) < 4.78 is 24.1. The Morgan fingerprint density at radius 2 is 1.50 bits per heavy atom. The van der Waals surface area contributed by atoms with E-state index in [0.29, 0.717) is 22.4 Å². The first-order valence-electron chi connectivity index (χ1n) is 11.5. The van der Waals surface area contributed by atoms with Gasteiger partial charge in [0.2, 0.25) is 6.54 Å². The van der Waals surface area contributed by atoms with E-state index in [1.807, 2.05) is 0 Å². The first kappa shape index (κ1) is 27.8. The van der Waals surface area contributed by atoms with Crippen LogP contribution in [0.4, 0.5) is 14.0 Å². The third-order valence-corrected chi connectivity index (χ3v) is 5.83. The van der Waals surface area contributed by atoms with Crippen molar-refractivity contribution < 1.29 is 33.2 Å². The van der Waals surface area contributed by atoms with E-state index in [1.54, 1.807) is 60.7 Å². The summed E-state index contributed by atoms with van der Waals surface area (Å²) >= 11 is 0. The number of hydrogen-bond donors (Lipinski definition) is 1. The Hall–Kier alpha value is -4.80. The van der Waals surface area contributed by atoms with Gasteiger partial charge in [0, 0.05) is 4.92 Å². The summed E-state index contributed by atoms with van der Waals surface area (Å²) in [7, 11) is 0. The van der Waals surface area contributed by atoms with Crippen molar-refractivity contribution in [3.8, 4) is 0 Å². The van der Waals surface area contributed by atoms with Crippen LogP contribution in [0.1, 0.15) is 29.5 Å². The molecule has 0 saturated carbocycles. The van der Waals surface area contributed by atoms with Gasteiger partial charge in [0.05, 0.1) is 5.92 Å². The second-order valence-electron chi connectivity index (χ2n) is 8.51. The number of halogens is 1. The van der Waals surface area contributed by atoms with Gasteiger partial charge in [-0.15, -0.1) is 0 Å². The molecule has 0 aromatic heterocycles. The Bertz CT molecular complexity index is 1240. The van der Waals surface area contributed by atoms with Gasteiger partial charge in [-0.05, 0) is 35.7 Å². The molecule has 3 aromatic rings. The minimum absolute atomic E-state index is 0.145. The normalized spacial score (nSPS) is 12.9. The molecule has 0 radical (unpaired) electrons. The Kier molecular flexibility index (Phi) is 9.47. The molecule has 0 aliphatic carbocycles. The van der Waals surface area contributed by atoms with Crippen molar-refractivity contribution in [3.63, 3.8) is 0 Å². The number of nitrogens with one attached hydrogen (secondary N) is 1. The van der Waals surface area contributed by atoms with Crippen LogP contribution in [0, 0.1) is 15.9 Å². The summed E-state index contributed by atoms with van der Waals surface area (Å²) in [6.45, 7) is 0.0683. The Morgan fingerprint density at radius 1 is 0.974 bits per heavy atom. The minimum atomic E-state index is -2.04. The smallest absolute Gasteiger partial charge is 0.430 e. The van der Waals surface area contributed by atoms with Crippen LogP contribution < -0.4 is 5.43 Å². The lowest BCUT2D eigenvalue weighted by Crippen LogP contribution is -2.63. The predicted molar refractivity (Wildman–Crippen MR) is 134 cm³/mol. The molecule has 0 heterocycles. The minimum Gasteiger partial charge on any atom is -0.443 e. The molecule has 198 valence electrons. The SMILES string of the molecule is C[C@@](C=O)([C@H](C[N+](=O)[O-])c1ccc(F)cc1)N(NC(=O)OCc1ccccc1)C(=O)OCc1ccccc1. The summed E-state index contributed by atoms with van der Waals surface area (Å²) in [5, 5.41) is 12.1. The van der Waals surface area contributed by atoms with Crippen molar-refractivity contribution in [2.75, 3.05) is 6.54 Å². The molecule has 0 spiro atoms. The quantitative estimate of drug-likeness (QED) is 0.233. The molecule has 1 N–H and O–H groups in total. The molecule has 0 fully saturated rings. The lowest BCUT2D eigenvalue weighted by molar-refractivity contribution is -0.485. The number of benzene rings is 3. The zero-order chi connectivity index (χ0) is 27.5. The standard InChI is InChI=1S/C27H26FN3O7/c1-27(19-32,24(16-30(35)36)22-12-14-23(28)15-13-22)31(26(34)38-18-21-10-6-3-7-11-21)29-25(33)37-17-20-8-4-2-5-9-20/h2-15,19,24H,16-18H2,1H3,(H,29,33)/t24-,27-/m1/s1. The van der Waals surface area contributed by atoms with Crippen LogP contribution >= 0.6 is 0 Å². The van der Waals surface area contributed by atoms with Gasteiger partial charge in [-0.1, -0.05) is 72.8 Å². The van der Waals surface area contributed by atoms with Crippen molar-refractivity contribution in [2.24, 2.45) is 0 Å². The second-order valence-corrected chi connectivity index (χ2v) is 8.51. The molecule has 38 heavy (non-hydrogen) atoms. The van der Waals surface area contributed by atoms with Gasteiger partial charge in [0.25, 0.3) is 0 Å². The van der Waals surface area contributed by atoms with E-state index in [1.165, 1.54) is 19.1 Å². The molecule has 2 amide bonds. The Balaban J connectivity index is 1.92. The van der Waals surface area contributed by atoms with Crippen LogP contribution in [0.2, 0.25) is 0 Å². The zero-order valence-corrected chi connectivity index (χ0v) is 20.5. The molecular weight excluding hydrogens is 497 g/mol. The first-order chi connectivity index (χ1) is 18.2. The molecule has 0 aliphatic rings. The fourth-order valence-corrected chi connectivity index (χ4v) is 3.76. The third kappa shape index (κ3) is 7.36. The molecule has 3 aromatic carbocycles. The molecule has 3 rings (SSSR count). The maximum absolute atomic E-state index is 13.6. The van der Waals surface area contributed by atoms with Crippen molar-refractivity contribution in [2.45, 2.75) is 31.6 Å². The molecule has 0 saturated heterocycles. The summed E-state index contributed by atoms with van der Waals surface area (Å²) in [5.41, 5.74) is 1.66.